The van der Waals surface area contributed by atoms with Gasteiger partial charge in [0.1, 0.15) is 0 Å². The largest absolute Gasteiger partial charge is 3.00 e. The summed E-state index contributed by atoms with van der Waals surface area (Å²) in [4.78, 5) is 24.8. The van der Waals surface area contributed by atoms with Gasteiger partial charge in [-0.1, -0.05) is 38.5 Å². The molecule has 0 aromatic heterocycles. The molecule has 0 aromatic rings. The van der Waals surface area contributed by atoms with Crippen molar-refractivity contribution in [1.29, 1.82) is 0 Å². The molecular weight excluding hydrogens is 637 g/mol. The Bertz CT molecular complexity index is 472. The average Bonchev–Trinajstić information content (AvgIpc) is 2.74. The Labute approximate surface area is 245 Å². The molecule has 0 spiro atoms. The molecule has 0 saturated heterocycles. The van der Waals surface area contributed by atoms with Crippen molar-refractivity contribution >= 4 is 0 Å². The minimum Gasteiger partial charge on any atom is -0.412 e. The second-order valence-electron chi connectivity index (χ2n) is 8.51. The zero-order chi connectivity index (χ0) is 28.7. The summed E-state index contributed by atoms with van der Waals surface area (Å²) in [6.45, 7) is 0. The number of hydrogen-bond acceptors (Lipinski definition) is 15. The van der Waals surface area contributed by atoms with Crippen LogP contribution in [0.4, 0.5) is 0 Å². The Morgan fingerprint density at radius 1 is 0.375 bits per heavy atom. The number of rotatable bonds is 0. The molecule has 0 aromatic carbocycles. The number of hydrogen-bond donors (Lipinski definition) is 6. The molecule has 18 N–H and O–H groups in total. The van der Waals surface area contributed by atoms with Crippen molar-refractivity contribution < 1.29 is 51.2 Å². The molecule has 246 valence electrons. The van der Waals surface area contributed by atoms with Gasteiger partial charge in [0.2, 0.25) is 0 Å². The van der Waals surface area contributed by atoms with E-state index in [1.54, 1.807) is 0 Å². The van der Waals surface area contributed by atoms with Crippen LogP contribution in [0.2, 0.25) is 0 Å². The summed E-state index contributed by atoms with van der Waals surface area (Å²) in [7, 11) is 0. The smallest absolute Gasteiger partial charge is 0.412 e. The van der Waals surface area contributed by atoms with Crippen molar-refractivity contribution in [2.75, 3.05) is 0 Å². The molecule has 22 heteroatoms. The molecule has 0 aliphatic heterocycles. The third kappa shape index (κ3) is 45.8. The van der Waals surface area contributed by atoms with Crippen LogP contribution in [0, 0.1) is 46.0 Å². The summed E-state index contributed by atoms with van der Waals surface area (Å²) in [6, 6.07) is 1.69. The second kappa shape index (κ2) is 34.9. The van der Waals surface area contributed by atoms with Crippen LogP contribution in [-0.2, 0) is 19.5 Å². The predicted octanol–water partition coefficient (Wildman–Crippen LogP) is -2.55. The van der Waals surface area contributed by atoms with Gasteiger partial charge < -0.3 is 96.8 Å². The fourth-order valence-electron chi connectivity index (χ4n) is 3.56. The molecular formula is C18H48N9O12Rh. The zero-order valence-corrected chi connectivity index (χ0v) is 23.9. The number of nitrogens with two attached hydrogens (primary N) is 6. The van der Waals surface area contributed by atoms with Crippen molar-refractivity contribution in [3.8, 4) is 0 Å². The Hall–Kier alpha value is -2.14. The normalized spacial score (nSPS) is 25.6. The Kier molecular flexibility index (Phi) is 47.1. The van der Waals surface area contributed by atoms with Crippen LogP contribution in [0.15, 0.2) is 0 Å². The Morgan fingerprint density at radius 2 is 0.450 bits per heavy atom. The van der Waals surface area contributed by atoms with Gasteiger partial charge >= 0.3 is 19.5 Å². The van der Waals surface area contributed by atoms with E-state index >= 15 is 0 Å². The summed E-state index contributed by atoms with van der Waals surface area (Å²) in [5, 5.41) is 44.2. The third-order valence-corrected chi connectivity index (χ3v) is 5.62. The van der Waals surface area contributed by atoms with Gasteiger partial charge in [-0.2, -0.15) is 0 Å². The standard InChI is InChI=1S/3C6H14N2.3NO3.3H2O.Rh/c3*7-5-3-1-2-4-6(5)8;3*2-1(3)4;;;;/h3*5-6H,1-4,7-8H2;;;;3*1H2;/q;;;3*-1;;;;+3/t3*5-,6-;;;;;;;/m111......./s1. The van der Waals surface area contributed by atoms with Crippen molar-refractivity contribution in [1.82, 2.24) is 0 Å². The molecule has 3 rings (SSSR count). The molecule has 40 heavy (non-hydrogen) atoms. The molecule has 0 unspecified atom stereocenters. The summed E-state index contributed by atoms with van der Waals surface area (Å²) >= 11 is 0. The SMILES string of the molecule is N[C@@H]1CCCC[C@H]1N.N[C@@H]1CCCC[C@H]1N.N[C@@H]1CCCC[C@H]1N.O.O.O.O=[N+]([O-])[O-].O=[N+]([O-])[O-].O=[N+]([O-])[O-].[Rh+3]. The summed E-state index contributed by atoms with van der Waals surface area (Å²) < 4.78 is 0. The van der Waals surface area contributed by atoms with Gasteiger partial charge in [-0.3, -0.25) is 0 Å². The molecule has 0 amide bonds. The Balaban J connectivity index is -0.0000000660. The van der Waals surface area contributed by atoms with Crippen LogP contribution >= 0.6 is 0 Å². The molecule has 6 atom stereocenters. The van der Waals surface area contributed by atoms with Crippen molar-refractivity contribution in [3.63, 3.8) is 0 Å². The van der Waals surface area contributed by atoms with Crippen molar-refractivity contribution in [2.45, 2.75) is 113 Å². The molecule has 21 nitrogen and oxygen atoms in total. The predicted molar refractivity (Wildman–Crippen MR) is 145 cm³/mol. The van der Waals surface area contributed by atoms with Gasteiger partial charge in [-0.05, 0) is 38.5 Å². The van der Waals surface area contributed by atoms with E-state index in [0.29, 0.717) is 0 Å². The number of nitrogens with zero attached hydrogens (tertiary/aromatic N) is 3. The topological polar surface area (TPSA) is 449 Å². The molecule has 0 radical (unpaired) electrons. The minimum absolute atomic E-state index is 0. The van der Waals surface area contributed by atoms with Crippen LogP contribution in [0.3, 0.4) is 0 Å². The maximum absolute atomic E-state index is 8.25. The first-order valence-electron chi connectivity index (χ1n) is 11.6. The van der Waals surface area contributed by atoms with Crippen LogP contribution < -0.4 is 34.4 Å². The van der Waals surface area contributed by atoms with E-state index in [1.807, 2.05) is 0 Å². The Morgan fingerprint density at radius 3 is 0.500 bits per heavy atom. The van der Waals surface area contributed by atoms with E-state index in [0.717, 1.165) is 38.5 Å². The zero-order valence-electron chi connectivity index (χ0n) is 22.3. The molecule has 3 fully saturated rings. The first-order chi connectivity index (χ1) is 16.6. The van der Waals surface area contributed by atoms with Gasteiger partial charge in [0.05, 0.1) is 15.3 Å². The maximum atomic E-state index is 8.25. The molecule has 3 aliphatic rings. The molecule has 3 saturated carbocycles. The van der Waals surface area contributed by atoms with Gasteiger partial charge in [-0.15, -0.1) is 0 Å². The molecule has 0 bridgehead atoms. The van der Waals surface area contributed by atoms with E-state index in [4.69, 9.17) is 80.4 Å². The van der Waals surface area contributed by atoms with Crippen LogP contribution in [0.1, 0.15) is 77.0 Å². The molecule has 3 aliphatic carbocycles. The summed E-state index contributed by atoms with van der Waals surface area (Å²) in [6.07, 6.45) is 14.4. The fourth-order valence-corrected chi connectivity index (χ4v) is 3.56. The summed E-state index contributed by atoms with van der Waals surface area (Å²) in [5.41, 5.74) is 33.9. The quantitative estimate of drug-likeness (QED) is 0.0868. The monoisotopic (exact) mass is 685 g/mol. The third-order valence-electron chi connectivity index (χ3n) is 5.62. The van der Waals surface area contributed by atoms with E-state index in [9.17, 15) is 0 Å². The summed E-state index contributed by atoms with van der Waals surface area (Å²) in [5.74, 6) is 0. The first-order valence-corrected chi connectivity index (χ1v) is 11.6. The van der Waals surface area contributed by atoms with Gasteiger partial charge in [0.25, 0.3) is 0 Å². The van der Waals surface area contributed by atoms with Gasteiger partial charge in [0.15, 0.2) is 0 Å². The molecule has 0 heterocycles. The fraction of sp³-hybridized carbons (Fsp3) is 1.00. The second-order valence-corrected chi connectivity index (χ2v) is 8.51. The van der Waals surface area contributed by atoms with Gasteiger partial charge in [0, 0.05) is 36.3 Å². The van der Waals surface area contributed by atoms with E-state index in [-0.39, 0.29) is 72.2 Å². The van der Waals surface area contributed by atoms with Gasteiger partial charge in [-0.25, -0.2) is 0 Å². The van der Waals surface area contributed by atoms with Crippen LogP contribution in [-0.4, -0.2) is 67.9 Å². The first kappa shape index (κ1) is 54.0. The minimum atomic E-state index is -1.75. The van der Waals surface area contributed by atoms with E-state index in [2.05, 4.69) is 0 Å². The van der Waals surface area contributed by atoms with Crippen molar-refractivity contribution in [2.24, 2.45) is 34.4 Å². The van der Waals surface area contributed by atoms with E-state index in [1.165, 1.54) is 38.5 Å². The van der Waals surface area contributed by atoms with E-state index < -0.39 is 15.3 Å². The average molecular weight is 686 g/mol. The maximum Gasteiger partial charge on any atom is 3.00 e. The van der Waals surface area contributed by atoms with Crippen molar-refractivity contribution in [3.05, 3.63) is 46.0 Å². The van der Waals surface area contributed by atoms with Crippen LogP contribution in [0.5, 0.6) is 0 Å². The van der Waals surface area contributed by atoms with Crippen LogP contribution in [0.25, 0.3) is 0 Å².